The maximum Gasteiger partial charge on any atom is 0.224 e. The largest absolute Gasteiger partial charge is 0.369 e. The highest BCUT2D eigenvalue weighted by Crippen LogP contribution is 2.22. The van der Waals surface area contributed by atoms with Crippen molar-refractivity contribution in [3.63, 3.8) is 0 Å². The van der Waals surface area contributed by atoms with Crippen LogP contribution in [0.3, 0.4) is 0 Å². The quantitative estimate of drug-likeness (QED) is 0.780. The molecule has 2 amide bonds. The Bertz CT molecular complexity index is 645. The van der Waals surface area contributed by atoms with Crippen molar-refractivity contribution in [1.29, 1.82) is 0 Å². The van der Waals surface area contributed by atoms with Crippen LogP contribution in [0.5, 0.6) is 0 Å². The summed E-state index contributed by atoms with van der Waals surface area (Å²) in [7, 11) is 2.15. The highest BCUT2D eigenvalue weighted by atomic mass is 16.2. The van der Waals surface area contributed by atoms with Gasteiger partial charge < -0.3 is 19.6 Å². The summed E-state index contributed by atoms with van der Waals surface area (Å²) < 4.78 is 0. The molecule has 1 aromatic carbocycles. The van der Waals surface area contributed by atoms with Gasteiger partial charge in [0.2, 0.25) is 11.8 Å². The average Bonchev–Trinajstić information content (AvgIpc) is 2.98. The van der Waals surface area contributed by atoms with Crippen molar-refractivity contribution in [3.05, 3.63) is 24.3 Å². The normalized spacial score (nSPS) is 18.6. The van der Waals surface area contributed by atoms with E-state index < -0.39 is 0 Å². The van der Waals surface area contributed by atoms with Crippen molar-refractivity contribution in [1.82, 2.24) is 9.80 Å². The first kappa shape index (κ1) is 20.6. The van der Waals surface area contributed by atoms with Crippen molar-refractivity contribution in [3.8, 4) is 0 Å². The number of likely N-dealkylation sites (tertiary alicyclic amines) is 1. The fraction of sp³-hybridized carbons (Fsp3) is 0.636. The summed E-state index contributed by atoms with van der Waals surface area (Å²) >= 11 is 0. The minimum Gasteiger partial charge on any atom is -0.369 e. The molecule has 0 aromatic heterocycles. The van der Waals surface area contributed by atoms with Crippen LogP contribution >= 0.6 is 0 Å². The third-order valence-electron chi connectivity index (χ3n) is 5.92. The summed E-state index contributed by atoms with van der Waals surface area (Å²) in [6.45, 7) is 7.92. The zero-order chi connectivity index (χ0) is 19.9. The maximum atomic E-state index is 12.6. The number of amides is 2. The van der Waals surface area contributed by atoms with Crippen molar-refractivity contribution in [2.24, 2.45) is 0 Å². The van der Waals surface area contributed by atoms with Gasteiger partial charge in [0, 0.05) is 70.5 Å². The minimum absolute atomic E-state index is 0.0176. The van der Waals surface area contributed by atoms with E-state index in [0.29, 0.717) is 13.0 Å². The molecule has 2 fully saturated rings. The highest BCUT2D eigenvalue weighted by molar-refractivity contribution is 5.92. The van der Waals surface area contributed by atoms with Crippen LogP contribution in [0.2, 0.25) is 0 Å². The van der Waals surface area contributed by atoms with Gasteiger partial charge >= 0.3 is 0 Å². The molecule has 0 bridgehead atoms. The predicted octanol–water partition coefficient (Wildman–Crippen LogP) is 2.58. The highest BCUT2D eigenvalue weighted by Gasteiger charge is 2.19. The monoisotopic (exact) mass is 386 g/mol. The Kier molecular flexibility index (Phi) is 7.31. The van der Waals surface area contributed by atoms with E-state index in [0.717, 1.165) is 57.8 Å². The summed E-state index contributed by atoms with van der Waals surface area (Å²) in [5.41, 5.74) is 2.06. The van der Waals surface area contributed by atoms with Gasteiger partial charge in [0.25, 0.3) is 0 Å². The van der Waals surface area contributed by atoms with Gasteiger partial charge in [-0.25, -0.2) is 0 Å². The lowest BCUT2D eigenvalue weighted by atomic mass is 10.2. The summed E-state index contributed by atoms with van der Waals surface area (Å²) in [5.74, 6) is 0.151. The Morgan fingerprint density at radius 1 is 0.893 bits per heavy atom. The summed E-state index contributed by atoms with van der Waals surface area (Å²) in [4.78, 5) is 33.2. The molecule has 0 spiro atoms. The summed E-state index contributed by atoms with van der Waals surface area (Å²) in [5, 5.41) is 0. The van der Waals surface area contributed by atoms with Crippen LogP contribution < -0.4 is 9.80 Å². The van der Waals surface area contributed by atoms with E-state index in [1.807, 2.05) is 17.0 Å². The molecule has 6 nitrogen and oxygen atoms in total. The molecule has 0 saturated carbocycles. The molecular formula is C22H34N4O2. The first-order valence-electron chi connectivity index (χ1n) is 10.6. The minimum atomic E-state index is -0.0176. The SMILES string of the molecule is CC(=O)N(CCC(=O)N1CCCCCC1)c1ccc(N2CCN(C)CC2)cc1. The van der Waals surface area contributed by atoms with E-state index in [-0.39, 0.29) is 11.8 Å². The van der Waals surface area contributed by atoms with E-state index >= 15 is 0 Å². The van der Waals surface area contributed by atoms with Crippen molar-refractivity contribution in [2.45, 2.75) is 39.0 Å². The molecular weight excluding hydrogens is 352 g/mol. The van der Waals surface area contributed by atoms with E-state index in [4.69, 9.17) is 0 Å². The molecule has 1 aromatic rings. The first-order valence-corrected chi connectivity index (χ1v) is 10.6. The number of hydrogen-bond donors (Lipinski definition) is 0. The molecule has 0 aliphatic carbocycles. The van der Waals surface area contributed by atoms with Gasteiger partial charge in [-0.1, -0.05) is 12.8 Å². The predicted molar refractivity (Wildman–Crippen MR) is 114 cm³/mol. The molecule has 0 atom stereocenters. The number of rotatable bonds is 5. The Labute approximate surface area is 169 Å². The van der Waals surface area contributed by atoms with Gasteiger partial charge in [0.15, 0.2) is 0 Å². The number of hydrogen-bond acceptors (Lipinski definition) is 4. The Morgan fingerprint density at radius 2 is 1.50 bits per heavy atom. The molecule has 0 radical (unpaired) electrons. The van der Waals surface area contributed by atoms with Gasteiger partial charge in [-0.05, 0) is 44.2 Å². The van der Waals surface area contributed by atoms with Crippen LogP contribution in [-0.2, 0) is 9.59 Å². The van der Waals surface area contributed by atoms with Crippen LogP contribution in [0.4, 0.5) is 11.4 Å². The van der Waals surface area contributed by atoms with E-state index in [1.54, 1.807) is 11.8 Å². The first-order chi connectivity index (χ1) is 13.5. The summed E-state index contributed by atoms with van der Waals surface area (Å²) in [6.07, 6.45) is 5.00. The number of piperazine rings is 1. The second kappa shape index (κ2) is 9.92. The third-order valence-corrected chi connectivity index (χ3v) is 5.92. The molecule has 0 N–H and O–H groups in total. The van der Waals surface area contributed by atoms with E-state index in [2.05, 4.69) is 29.0 Å². The van der Waals surface area contributed by atoms with Crippen LogP contribution in [-0.4, -0.2) is 74.5 Å². The molecule has 3 rings (SSSR count). The fourth-order valence-electron chi connectivity index (χ4n) is 4.06. The maximum absolute atomic E-state index is 12.6. The number of carbonyl (C=O) groups excluding carboxylic acids is 2. The number of benzene rings is 1. The van der Waals surface area contributed by atoms with Crippen molar-refractivity contribution < 1.29 is 9.59 Å². The Balaban J connectivity index is 1.58. The molecule has 0 unspecified atom stereocenters. The molecule has 6 heteroatoms. The zero-order valence-corrected chi connectivity index (χ0v) is 17.4. The van der Waals surface area contributed by atoms with E-state index in [9.17, 15) is 9.59 Å². The molecule has 2 heterocycles. The topological polar surface area (TPSA) is 47.1 Å². The molecule has 2 aliphatic rings. The van der Waals surface area contributed by atoms with Crippen LogP contribution in [0, 0.1) is 0 Å². The number of carbonyl (C=O) groups is 2. The van der Waals surface area contributed by atoms with Crippen LogP contribution in [0.1, 0.15) is 39.0 Å². The molecule has 2 aliphatic heterocycles. The second-order valence-corrected chi connectivity index (χ2v) is 8.02. The van der Waals surface area contributed by atoms with Gasteiger partial charge in [-0.3, -0.25) is 9.59 Å². The lowest BCUT2D eigenvalue weighted by Crippen LogP contribution is -2.44. The Morgan fingerprint density at radius 3 is 2.07 bits per heavy atom. The lowest BCUT2D eigenvalue weighted by molar-refractivity contribution is -0.131. The summed E-state index contributed by atoms with van der Waals surface area (Å²) in [6, 6.07) is 8.19. The Hall–Kier alpha value is -2.08. The standard InChI is InChI=1S/C22H34N4O2/c1-19(27)26(14-11-22(28)25-12-5-3-4-6-13-25)21-9-7-20(8-10-21)24-17-15-23(2)16-18-24/h7-10H,3-6,11-18H2,1-2H3. The van der Waals surface area contributed by atoms with Gasteiger partial charge in [-0.2, -0.15) is 0 Å². The van der Waals surface area contributed by atoms with Crippen LogP contribution in [0.15, 0.2) is 24.3 Å². The van der Waals surface area contributed by atoms with Crippen molar-refractivity contribution >= 4 is 23.2 Å². The number of likely N-dealkylation sites (N-methyl/N-ethyl adjacent to an activating group) is 1. The molecule has 154 valence electrons. The fourth-order valence-corrected chi connectivity index (χ4v) is 4.06. The number of nitrogens with zero attached hydrogens (tertiary/aromatic N) is 4. The van der Waals surface area contributed by atoms with Crippen LogP contribution in [0.25, 0.3) is 0 Å². The van der Waals surface area contributed by atoms with Crippen molar-refractivity contribution in [2.75, 3.05) is 62.7 Å². The lowest BCUT2D eigenvalue weighted by Gasteiger charge is -2.34. The van der Waals surface area contributed by atoms with E-state index in [1.165, 1.54) is 18.5 Å². The smallest absolute Gasteiger partial charge is 0.224 e. The third kappa shape index (κ3) is 5.47. The molecule has 28 heavy (non-hydrogen) atoms. The number of anilines is 2. The molecule has 2 saturated heterocycles. The van der Waals surface area contributed by atoms with Gasteiger partial charge in [-0.15, -0.1) is 0 Å². The van der Waals surface area contributed by atoms with Gasteiger partial charge in [0.05, 0.1) is 0 Å². The second-order valence-electron chi connectivity index (χ2n) is 8.02. The average molecular weight is 387 g/mol. The van der Waals surface area contributed by atoms with Gasteiger partial charge in [0.1, 0.15) is 0 Å². The zero-order valence-electron chi connectivity index (χ0n) is 17.4.